The van der Waals surface area contributed by atoms with Crippen molar-refractivity contribution < 1.29 is 13.2 Å². The molecule has 0 saturated heterocycles. The Kier molecular flexibility index (Phi) is 7.55. The molecule has 1 N–H and O–H groups in total. The zero-order valence-corrected chi connectivity index (χ0v) is 17.0. The number of sulfonamides is 1. The quantitative estimate of drug-likeness (QED) is 0.753. The Morgan fingerprint density at radius 2 is 1.88 bits per heavy atom. The van der Waals surface area contributed by atoms with E-state index in [-0.39, 0.29) is 23.9 Å². The van der Waals surface area contributed by atoms with Crippen LogP contribution in [0.1, 0.15) is 34.8 Å². The molecule has 0 aliphatic heterocycles. The van der Waals surface area contributed by atoms with Crippen molar-refractivity contribution in [3.05, 3.63) is 45.2 Å². The van der Waals surface area contributed by atoms with Gasteiger partial charge in [0.25, 0.3) is 0 Å². The van der Waals surface area contributed by atoms with Crippen LogP contribution < -0.4 is 9.52 Å². The molecule has 25 heavy (non-hydrogen) atoms. The Bertz CT molecular complexity index is 913. The monoisotopic (exact) mass is 403 g/mol. The lowest BCUT2D eigenvalue weighted by atomic mass is 10.2. The molecular formula is C16H22ClN3O3S2. The zero-order valence-electron chi connectivity index (χ0n) is 14.6. The molecule has 138 valence electrons. The van der Waals surface area contributed by atoms with Crippen LogP contribution in [0.5, 0.6) is 0 Å². The van der Waals surface area contributed by atoms with E-state index in [1.165, 1.54) is 18.4 Å². The molecule has 2 rings (SSSR count). The highest BCUT2D eigenvalue weighted by atomic mass is 35.5. The minimum Gasteiger partial charge on any atom is -0.321 e. The van der Waals surface area contributed by atoms with Gasteiger partial charge in [0.05, 0.1) is 16.3 Å². The number of Topliss-reactive ketones (excluding diaryl/α,β-unsaturated/α-hetero) is 1. The van der Waals surface area contributed by atoms with E-state index in [1.54, 1.807) is 31.2 Å². The maximum Gasteiger partial charge on any atom is 0.215 e. The fourth-order valence-corrected chi connectivity index (χ4v) is 4.22. The largest absolute Gasteiger partial charge is 0.321 e. The predicted molar refractivity (Wildman–Crippen MR) is 103 cm³/mol. The number of hydrogen-bond acceptors (Lipinski definition) is 5. The molecule has 1 heterocycles. The lowest BCUT2D eigenvalue weighted by molar-refractivity contribution is 0.102. The Hall–Kier alpha value is -1.48. The van der Waals surface area contributed by atoms with E-state index in [4.69, 9.17) is 0 Å². The summed E-state index contributed by atoms with van der Waals surface area (Å²) in [6, 6.07) is 7.05. The van der Waals surface area contributed by atoms with Crippen LogP contribution in [0.2, 0.25) is 0 Å². The molecular weight excluding hydrogens is 382 g/mol. The second-order valence-corrected chi connectivity index (χ2v) is 8.25. The first-order chi connectivity index (χ1) is 11.3. The molecule has 9 heteroatoms. The summed E-state index contributed by atoms with van der Waals surface area (Å²) in [5, 5.41) is 0. The highest BCUT2D eigenvalue weighted by Crippen LogP contribution is 2.17. The molecule has 0 aliphatic rings. The van der Waals surface area contributed by atoms with Crippen molar-refractivity contribution in [1.82, 2.24) is 9.29 Å². The lowest BCUT2D eigenvalue weighted by Crippen LogP contribution is -2.20. The summed E-state index contributed by atoms with van der Waals surface area (Å²) >= 11 is 1.37. The van der Waals surface area contributed by atoms with Gasteiger partial charge in [-0.3, -0.25) is 4.79 Å². The maximum atomic E-state index is 11.7. The second-order valence-electron chi connectivity index (χ2n) is 5.34. The molecule has 6 nitrogen and oxygen atoms in total. The number of carbonyl (C=O) groups is 1. The van der Waals surface area contributed by atoms with Crippen LogP contribution in [0.15, 0.2) is 29.3 Å². The number of nitrogens with zero attached hydrogens (tertiary/aromatic N) is 2. The van der Waals surface area contributed by atoms with E-state index < -0.39 is 10.0 Å². The average molecular weight is 404 g/mol. The van der Waals surface area contributed by atoms with Gasteiger partial charge >= 0.3 is 0 Å². The first-order valence-corrected chi connectivity index (χ1v) is 10.00. The molecule has 0 bridgehead atoms. The van der Waals surface area contributed by atoms with Crippen molar-refractivity contribution in [2.75, 3.05) is 7.05 Å². The van der Waals surface area contributed by atoms with Crippen molar-refractivity contribution in [3.63, 3.8) is 0 Å². The van der Waals surface area contributed by atoms with Crippen molar-refractivity contribution >= 4 is 45.2 Å². The molecule has 0 radical (unpaired) electrons. The molecule has 0 fully saturated rings. The lowest BCUT2D eigenvalue weighted by Gasteiger charge is -2.03. The van der Waals surface area contributed by atoms with E-state index >= 15 is 0 Å². The second kappa shape index (κ2) is 8.75. The maximum absolute atomic E-state index is 11.7. The third-order valence-corrected chi connectivity index (χ3v) is 6.24. The van der Waals surface area contributed by atoms with E-state index in [0.717, 1.165) is 22.7 Å². The summed E-state index contributed by atoms with van der Waals surface area (Å²) in [7, 11) is -1.89. The number of nitrogens with one attached hydrogen (secondary N) is 1. The fraction of sp³-hybridized carbons (Fsp3) is 0.375. The van der Waals surface area contributed by atoms with Gasteiger partial charge in [0.15, 0.2) is 10.6 Å². The summed E-state index contributed by atoms with van der Waals surface area (Å²) in [6.45, 7) is 6.21. The standard InChI is InChI=1S/C16H21N3O3S2.ClH/c1-5-19-11(2)15(12(3)20)23-16(19)18-14-8-6-13(7-9-14)10-24(21,22)17-4;/h6-9,17H,5,10H2,1-4H3;1H/b18-16+;. The third-order valence-electron chi connectivity index (χ3n) is 3.62. The van der Waals surface area contributed by atoms with E-state index in [1.807, 2.05) is 18.4 Å². The molecule has 1 aromatic carbocycles. The summed E-state index contributed by atoms with van der Waals surface area (Å²) in [5.74, 6) is -0.0283. The molecule has 0 aliphatic carbocycles. The van der Waals surface area contributed by atoms with Gasteiger partial charge in [-0.25, -0.2) is 18.1 Å². The van der Waals surface area contributed by atoms with Crippen LogP contribution in [-0.4, -0.2) is 25.8 Å². The first-order valence-electron chi connectivity index (χ1n) is 7.53. The number of benzene rings is 1. The highest BCUT2D eigenvalue weighted by molar-refractivity contribution is 7.88. The average Bonchev–Trinajstić information content (AvgIpc) is 2.85. The predicted octanol–water partition coefficient (Wildman–Crippen LogP) is 2.78. The summed E-state index contributed by atoms with van der Waals surface area (Å²) < 4.78 is 27.4. The van der Waals surface area contributed by atoms with Crippen molar-refractivity contribution in [3.8, 4) is 0 Å². The Balaban J connectivity index is 0.00000312. The highest BCUT2D eigenvalue weighted by Gasteiger charge is 2.12. The minimum absolute atomic E-state index is 0. The molecule has 0 amide bonds. The van der Waals surface area contributed by atoms with Crippen LogP contribution in [-0.2, 0) is 22.3 Å². The van der Waals surface area contributed by atoms with Crippen LogP contribution in [0.25, 0.3) is 0 Å². The van der Waals surface area contributed by atoms with Gasteiger partial charge in [0.1, 0.15) is 0 Å². The van der Waals surface area contributed by atoms with Gasteiger partial charge in [-0.1, -0.05) is 23.5 Å². The summed E-state index contributed by atoms with van der Waals surface area (Å²) in [4.78, 5) is 17.8. The first kappa shape index (κ1) is 21.6. The van der Waals surface area contributed by atoms with Crippen molar-refractivity contribution in [2.45, 2.75) is 33.1 Å². The number of ketones is 1. The summed E-state index contributed by atoms with van der Waals surface area (Å²) in [5.41, 5.74) is 2.34. The van der Waals surface area contributed by atoms with E-state index in [2.05, 4.69) is 9.71 Å². The molecule has 1 aromatic heterocycles. The van der Waals surface area contributed by atoms with Crippen LogP contribution >= 0.6 is 23.7 Å². The number of aromatic nitrogens is 1. The Labute approximate surface area is 158 Å². The number of thiazole rings is 1. The van der Waals surface area contributed by atoms with Crippen LogP contribution in [0, 0.1) is 6.92 Å². The normalized spacial score (nSPS) is 12.1. The minimum atomic E-state index is -3.29. The molecule has 0 atom stereocenters. The third kappa shape index (κ3) is 5.24. The van der Waals surface area contributed by atoms with Gasteiger partial charge in [0, 0.05) is 19.2 Å². The molecule has 0 unspecified atom stereocenters. The zero-order chi connectivity index (χ0) is 17.9. The van der Waals surface area contributed by atoms with Gasteiger partial charge < -0.3 is 4.57 Å². The number of hydrogen-bond donors (Lipinski definition) is 1. The van der Waals surface area contributed by atoms with Gasteiger partial charge in [-0.2, -0.15) is 0 Å². The fourth-order valence-electron chi connectivity index (χ4n) is 2.34. The smallest absolute Gasteiger partial charge is 0.215 e. The number of carbonyl (C=O) groups excluding carboxylic acids is 1. The molecule has 0 saturated carbocycles. The van der Waals surface area contributed by atoms with Crippen molar-refractivity contribution in [1.29, 1.82) is 0 Å². The summed E-state index contributed by atoms with van der Waals surface area (Å²) in [6.07, 6.45) is 0. The molecule has 0 spiro atoms. The van der Waals surface area contributed by atoms with Gasteiger partial charge in [-0.05, 0) is 38.6 Å². The number of rotatable bonds is 6. The van der Waals surface area contributed by atoms with Crippen LogP contribution in [0.4, 0.5) is 5.69 Å². The SMILES string of the molecule is CCn1c(C)c(C(C)=O)s/c1=N/c1ccc(CS(=O)(=O)NC)cc1.Cl. The van der Waals surface area contributed by atoms with Gasteiger partial charge in [-0.15, -0.1) is 12.4 Å². The van der Waals surface area contributed by atoms with Crippen molar-refractivity contribution in [2.24, 2.45) is 4.99 Å². The molecule has 2 aromatic rings. The Morgan fingerprint density at radius 3 is 2.36 bits per heavy atom. The van der Waals surface area contributed by atoms with E-state index in [9.17, 15) is 13.2 Å². The van der Waals surface area contributed by atoms with Crippen LogP contribution in [0.3, 0.4) is 0 Å². The number of halogens is 1. The topological polar surface area (TPSA) is 80.5 Å². The Morgan fingerprint density at radius 1 is 1.28 bits per heavy atom. The van der Waals surface area contributed by atoms with E-state index in [0.29, 0.717) is 10.4 Å². The van der Waals surface area contributed by atoms with Gasteiger partial charge in [0.2, 0.25) is 10.0 Å².